The monoisotopic (exact) mass is 497 g/mol. The highest BCUT2D eigenvalue weighted by Gasteiger charge is 2.21. The first-order valence-corrected chi connectivity index (χ1v) is 14.0. The van der Waals surface area contributed by atoms with Crippen molar-refractivity contribution in [2.75, 3.05) is 6.61 Å². The molecule has 0 fully saturated rings. The van der Waals surface area contributed by atoms with Gasteiger partial charge >= 0.3 is 11.9 Å². The molecule has 1 aromatic heterocycles. The molecule has 0 atom stereocenters. The minimum absolute atomic E-state index is 0.0522. The van der Waals surface area contributed by atoms with Crippen molar-refractivity contribution in [3.05, 3.63) is 65.0 Å². The molecule has 2 aromatic rings. The number of rotatable bonds is 17. The smallest absolute Gasteiger partial charge is 0.339 e. The molecular formula is C31H47NO4. The van der Waals surface area contributed by atoms with E-state index in [0.717, 1.165) is 44.1 Å². The van der Waals surface area contributed by atoms with Crippen LogP contribution in [0.15, 0.2) is 42.7 Å². The number of ether oxygens (including phenoxy) is 1. The first kappa shape index (κ1) is 31.3. The Balaban J connectivity index is 0.000000681. The van der Waals surface area contributed by atoms with Crippen LogP contribution in [0, 0.1) is 0 Å². The van der Waals surface area contributed by atoms with Crippen LogP contribution in [0.2, 0.25) is 0 Å². The third kappa shape index (κ3) is 13.4. The molecule has 0 unspecified atom stereocenters. The number of pyridine rings is 1. The van der Waals surface area contributed by atoms with Gasteiger partial charge < -0.3 is 9.84 Å². The van der Waals surface area contributed by atoms with E-state index in [1.807, 2.05) is 18.3 Å². The summed E-state index contributed by atoms with van der Waals surface area (Å²) in [5.74, 6) is -1.57. The summed E-state index contributed by atoms with van der Waals surface area (Å²) in [5.41, 5.74) is 2.39. The molecule has 0 saturated carbocycles. The van der Waals surface area contributed by atoms with Crippen LogP contribution in [-0.2, 0) is 17.6 Å². The molecule has 0 bridgehead atoms. The summed E-state index contributed by atoms with van der Waals surface area (Å²) in [6.07, 6.45) is 19.1. The van der Waals surface area contributed by atoms with Crippen LogP contribution in [0.25, 0.3) is 0 Å². The van der Waals surface area contributed by atoms with E-state index in [1.54, 1.807) is 12.3 Å². The fourth-order valence-electron chi connectivity index (χ4n) is 4.05. The summed E-state index contributed by atoms with van der Waals surface area (Å²) < 4.78 is 5.42. The first-order valence-electron chi connectivity index (χ1n) is 14.0. The molecule has 5 heteroatoms. The topological polar surface area (TPSA) is 76.5 Å². The zero-order chi connectivity index (χ0) is 26.4. The van der Waals surface area contributed by atoms with Gasteiger partial charge in [-0.05, 0) is 48.9 Å². The molecule has 200 valence electrons. The Labute approximate surface area is 218 Å². The highest BCUT2D eigenvalue weighted by atomic mass is 16.5. The number of carboxylic acid groups (broad SMARTS) is 1. The number of aromatic carboxylic acids is 1. The minimum atomic E-state index is -1.07. The van der Waals surface area contributed by atoms with Crippen molar-refractivity contribution in [2.45, 2.75) is 111 Å². The molecule has 0 aliphatic heterocycles. The summed E-state index contributed by atoms with van der Waals surface area (Å²) in [6, 6.07) is 9.11. The van der Waals surface area contributed by atoms with E-state index in [2.05, 4.69) is 31.8 Å². The van der Waals surface area contributed by atoms with Gasteiger partial charge in [-0.2, -0.15) is 0 Å². The van der Waals surface area contributed by atoms with E-state index in [9.17, 15) is 14.7 Å². The van der Waals surface area contributed by atoms with Crippen molar-refractivity contribution >= 4 is 11.9 Å². The molecule has 0 saturated heterocycles. The van der Waals surface area contributed by atoms with Crippen LogP contribution in [0.5, 0.6) is 0 Å². The molecule has 0 spiro atoms. The van der Waals surface area contributed by atoms with Gasteiger partial charge in [0.05, 0.1) is 17.7 Å². The summed E-state index contributed by atoms with van der Waals surface area (Å²) in [5, 5.41) is 9.49. The summed E-state index contributed by atoms with van der Waals surface area (Å²) in [4.78, 5) is 28.2. The van der Waals surface area contributed by atoms with Gasteiger partial charge in [0.2, 0.25) is 0 Å². The van der Waals surface area contributed by atoms with Crippen LogP contribution < -0.4 is 0 Å². The highest BCUT2D eigenvalue weighted by Crippen LogP contribution is 2.20. The van der Waals surface area contributed by atoms with Gasteiger partial charge in [-0.15, -0.1) is 0 Å². The van der Waals surface area contributed by atoms with E-state index >= 15 is 0 Å². The molecule has 5 nitrogen and oxygen atoms in total. The molecule has 2 rings (SSSR count). The lowest BCUT2D eigenvalue weighted by atomic mass is 9.96. The number of aryl methyl sites for hydroxylation is 2. The van der Waals surface area contributed by atoms with Crippen molar-refractivity contribution in [1.82, 2.24) is 4.98 Å². The number of hydrogen-bond donors (Lipinski definition) is 1. The molecule has 0 amide bonds. The molecule has 0 aliphatic rings. The third-order valence-electron chi connectivity index (χ3n) is 6.25. The van der Waals surface area contributed by atoms with Crippen LogP contribution in [0.3, 0.4) is 0 Å². The zero-order valence-electron chi connectivity index (χ0n) is 22.8. The van der Waals surface area contributed by atoms with E-state index < -0.39 is 11.9 Å². The number of unbranched alkanes of at least 4 members (excludes halogenated alkanes) is 10. The Kier molecular flexibility index (Phi) is 17.8. The number of carboxylic acids is 1. The molecule has 1 heterocycles. The maximum Gasteiger partial charge on any atom is 0.339 e. The fourth-order valence-corrected chi connectivity index (χ4v) is 4.05. The standard InChI is InChI=1S/C24H38O4.C7H9N/c1-3-5-7-9-11-13-16-20-17-15-18-21(23(25)26)22(20)24(27)28-19-14-12-10-8-6-4-2;1-2-7-4-3-5-8-6-7/h15,17-18H,3-14,16,19H2,1-2H3,(H,25,26);3-6H,2H2,1H3. The molecule has 1 N–H and O–H groups in total. The largest absolute Gasteiger partial charge is 0.478 e. The molecule has 1 aromatic carbocycles. The molecule has 0 radical (unpaired) electrons. The minimum Gasteiger partial charge on any atom is -0.478 e. The number of carbonyl (C=O) groups is 2. The highest BCUT2D eigenvalue weighted by molar-refractivity contribution is 6.03. The Morgan fingerprint density at radius 2 is 1.44 bits per heavy atom. The molecular weight excluding hydrogens is 450 g/mol. The lowest BCUT2D eigenvalue weighted by molar-refractivity contribution is 0.0486. The van der Waals surface area contributed by atoms with Crippen molar-refractivity contribution < 1.29 is 19.4 Å². The van der Waals surface area contributed by atoms with Crippen molar-refractivity contribution in [3.63, 3.8) is 0 Å². The average Bonchev–Trinajstić information content (AvgIpc) is 2.90. The molecule has 0 aliphatic carbocycles. The molecule has 36 heavy (non-hydrogen) atoms. The number of esters is 1. The normalized spacial score (nSPS) is 10.4. The van der Waals surface area contributed by atoms with Gasteiger partial charge in [0.1, 0.15) is 0 Å². The first-order chi connectivity index (χ1) is 17.5. The van der Waals surface area contributed by atoms with Gasteiger partial charge in [0.25, 0.3) is 0 Å². The maximum atomic E-state index is 12.6. The third-order valence-corrected chi connectivity index (χ3v) is 6.25. The van der Waals surface area contributed by atoms with E-state index in [4.69, 9.17) is 4.74 Å². The second-order valence-corrected chi connectivity index (χ2v) is 9.28. The van der Waals surface area contributed by atoms with Gasteiger partial charge in [0, 0.05) is 12.4 Å². The number of aromatic nitrogens is 1. The quantitative estimate of drug-likeness (QED) is 0.175. The van der Waals surface area contributed by atoms with E-state index in [-0.39, 0.29) is 11.1 Å². The van der Waals surface area contributed by atoms with Crippen LogP contribution in [-0.4, -0.2) is 28.6 Å². The Morgan fingerprint density at radius 3 is 2.00 bits per heavy atom. The van der Waals surface area contributed by atoms with Gasteiger partial charge in [0.15, 0.2) is 0 Å². The Bertz CT molecular complexity index is 851. The zero-order valence-corrected chi connectivity index (χ0v) is 22.8. The Hall–Kier alpha value is -2.69. The predicted molar refractivity (Wildman–Crippen MR) is 148 cm³/mol. The van der Waals surface area contributed by atoms with Gasteiger partial charge in [-0.3, -0.25) is 4.98 Å². The SMILES string of the molecule is CCCCCCCCOC(=O)c1c(CCCCCCCC)cccc1C(=O)O.CCc1cccnc1. The maximum absolute atomic E-state index is 12.6. The van der Waals surface area contributed by atoms with Crippen LogP contribution in [0.1, 0.15) is 130 Å². The fraction of sp³-hybridized carbons (Fsp3) is 0.581. The van der Waals surface area contributed by atoms with Crippen LogP contribution >= 0.6 is 0 Å². The number of carbonyl (C=O) groups excluding carboxylic acids is 1. The lowest BCUT2D eigenvalue weighted by Crippen LogP contribution is -2.15. The number of nitrogens with zero attached hydrogens (tertiary/aromatic N) is 1. The van der Waals surface area contributed by atoms with Crippen molar-refractivity contribution in [1.29, 1.82) is 0 Å². The number of benzene rings is 1. The van der Waals surface area contributed by atoms with E-state index in [0.29, 0.717) is 13.0 Å². The predicted octanol–water partition coefficient (Wildman–Crippen LogP) is 8.45. The van der Waals surface area contributed by atoms with Crippen molar-refractivity contribution in [2.24, 2.45) is 0 Å². The van der Waals surface area contributed by atoms with E-state index in [1.165, 1.54) is 56.6 Å². The summed E-state index contributed by atoms with van der Waals surface area (Å²) >= 11 is 0. The average molecular weight is 498 g/mol. The second-order valence-electron chi connectivity index (χ2n) is 9.28. The van der Waals surface area contributed by atoms with Gasteiger partial charge in [-0.1, -0.05) is 103 Å². The Morgan fingerprint density at radius 1 is 0.806 bits per heavy atom. The summed E-state index contributed by atoms with van der Waals surface area (Å²) in [7, 11) is 0. The number of hydrogen-bond acceptors (Lipinski definition) is 4. The summed E-state index contributed by atoms with van der Waals surface area (Å²) in [6.45, 7) is 6.86. The second kappa shape index (κ2) is 20.5. The van der Waals surface area contributed by atoms with Crippen LogP contribution in [0.4, 0.5) is 0 Å². The lowest BCUT2D eigenvalue weighted by Gasteiger charge is -2.12. The van der Waals surface area contributed by atoms with Gasteiger partial charge in [-0.25, -0.2) is 9.59 Å². The van der Waals surface area contributed by atoms with Crippen molar-refractivity contribution in [3.8, 4) is 0 Å².